The number of rotatable bonds is 4. The molecule has 25 heavy (non-hydrogen) atoms. The average molecular weight is 397 g/mol. The highest BCUT2D eigenvalue weighted by Crippen LogP contribution is 2.39. The summed E-state index contributed by atoms with van der Waals surface area (Å²) >= 11 is 7.20. The molecule has 8 heteroatoms. The minimum absolute atomic E-state index is 0.134. The van der Waals surface area contributed by atoms with Crippen molar-refractivity contribution >= 4 is 43.7 Å². The van der Waals surface area contributed by atoms with Crippen LogP contribution in [0.25, 0.3) is 0 Å². The van der Waals surface area contributed by atoms with E-state index >= 15 is 0 Å². The molecule has 0 radical (unpaired) electrons. The van der Waals surface area contributed by atoms with Crippen molar-refractivity contribution in [3.8, 4) is 0 Å². The predicted octanol–water partition coefficient (Wildman–Crippen LogP) is 3.07. The Bertz CT molecular complexity index is 947. The zero-order chi connectivity index (χ0) is 17.8. The number of halogens is 1. The summed E-state index contributed by atoms with van der Waals surface area (Å²) in [4.78, 5) is 13.7. The van der Waals surface area contributed by atoms with Gasteiger partial charge in [0.25, 0.3) is 0 Å². The van der Waals surface area contributed by atoms with E-state index in [2.05, 4.69) is 0 Å². The standard InChI is InChI=1S/C17H17ClN2O3S2/c18-11-3-1-10(2-4-11)16(21)15-13-7-8-20(9-14(13)24-17(15)19)25(22,23)12-5-6-12/h1-4,12H,5-9,19H2. The van der Waals surface area contributed by atoms with E-state index in [1.165, 1.54) is 11.3 Å². The van der Waals surface area contributed by atoms with Crippen molar-refractivity contribution < 1.29 is 13.2 Å². The molecule has 5 nitrogen and oxygen atoms in total. The first-order valence-corrected chi connectivity index (χ1v) is 10.8. The number of benzene rings is 1. The number of anilines is 1. The Kier molecular flexibility index (Phi) is 4.15. The van der Waals surface area contributed by atoms with E-state index in [1.54, 1.807) is 28.6 Å². The summed E-state index contributed by atoms with van der Waals surface area (Å²) in [7, 11) is -3.21. The van der Waals surface area contributed by atoms with Crippen molar-refractivity contribution in [1.82, 2.24) is 4.31 Å². The fourth-order valence-electron chi connectivity index (χ4n) is 3.19. The van der Waals surface area contributed by atoms with E-state index in [0.29, 0.717) is 40.7 Å². The van der Waals surface area contributed by atoms with Crippen LogP contribution in [-0.2, 0) is 23.0 Å². The van der Waals surface area contributed by atoms with Gasteiger partial charge in [0.05, 0.1) is 15.8 Å². The Balaban J connectivity index is 1.66. The monoisotopic (exact) mass is 396 g/mol. The molecule has 2 heterocycles. The van der Waals surface area contributed by atoms with Crippen molar-refractivity contribution in [2.75, 3.05) is 12.3 Å². The zero-order valence-corrected chi connectivity index (χ0v) is 15.8. The van der Waals surface area contributed by atoms with Crippen LogP contribution in [0.4, 0.5) is 5.00 Å². The molecule has 0 atom stereocenters. The largest absolute Gasteiger partial charge is 0.390 e. The molecule has 4 rings (SSSR count). The number of nitrogens with two attached hydrogens (primary N) is 1. The quantitative estimate of drug-likeness (QED) is 0.805. The van der Waals surface area contributed by atoms with Gasteiger partial charge in [0.15, 0.2) is 5.78 Å². The Morgan fingerprint density at radius 2 is 1.92 bits per heavy atom. The average Bonchev–Trinajstić information content (AvgIpc) is 3.38. The van der Waals surface area contributed by atoms with E-state index in [-0.39, 0.29) is 11.0 Å². The maximum atomic E-state index is 12.9. The number of carbonyl (C=O) groups is 1. The van der Waals surface area contributed by atoms with Crippen LogP contribution in [0.5, 0.6) is 0 Å². The van der Waals surface area contributed by atoms with Crippen LogP contribution in [0.15, 0.2) is 24.3 Å². The number of thiophene rings is 1. The minimum atomic E-state index is -3.21. The number of hydrogen-bond donors (Lipinski definition) is 1. The molecular weight excluding hydrogens is 380 g/mol. The Hall–Kier alpha value is -1.41. The minimum Gasteiger partial charge on any atom is -0.390 e. The molecule has 0 amide bonds. The molecule has 1 aromatic heterocycles. The molecule has 132 valence electrons. The lowest BCUT2D eigenvalue weighted by atomic mass is 9.97. The third-order valence-corrected chi connectivity index (χ3v) is 8.33. The maximum absolute atomic E-state index is 12.9. The van der Waals surface area contributed by atoms with Gasteiger partial charge in [0.1, 0.15) is 0 Å². The number of ketones is 1. The number of fused-ring (bicyclic) bond motifs is 1. The topological polar surface area (TPSA) is 80.5 Å². The van der Waals surface area contributed by atoms with Gasteiger partial charge in [-0.05, 0) is 49.1 Å². The molecule has 1 aliphatic heterocycles. The first-order valence-electron chi connectivity index (χ1n) is 8.07. The second kappa shape index (κ2) is 6.09. The molecule has 2 aliphatic rings. The second-order valence-electron chi connectivity index (χ2n) is 6.41. The molecule has 0 spiro atoms. The Labute approximate surface area is 155 Å². The molecule has 2 aromatic rings. The van der Waals surface area contributed by atoms with Crippen LogP contribution in [0.3, 0.4) is 0 Å². The fourth-order valence-corrected chi connectivity index (χ4v) is 6.34. The van der Waals surface area contributed by atoms with Gasteiger partial charge in [-0.3, -0.25) is 4.79 Å². The highest BCUT2D eigenvalue weighted by Gasteiger charge is 2.42. The molecular formula is C17H17ClN2O3S2. The molecule has 1 aliphatic carbocycles. The van der Waals surface area contributed by atoms with Crippen molar-refractivity contribution in [3.05, 3.63) is 50.9 Å². The SMILES string of the molecule is Nc1sc2c(c1C(=O)c1ccc(Cl)cc1)CCN(S(=O)(=O)C1CC1)C2. The molecule has 0 saturated heterocycles. The smallest absolute Gasteiger partial charge is 0.217 e. The number of nitrogens with zero attached hydrogens (tertiary/aromatic N) is 1. The van der Waals surface area contributed by atoms with E-state index in [0.717, 1.165) is 23.3 Å². The van der Waals surface area contributed by atoms with Gasteiger partial charge in [-0.2, -0.15) is 4.31 Å². The number of sulfonamides is 1. The summed E-state index contributed by atoms with van der Waals surface area (Å²) in [6.45, 7) is 0.722. The molecule has 0 bridgehead atoms. The first-order chi connectivity index (χ1) is 11.9. The van der Waals surface area contributed by atoms with E-state index < -0.39 is 10.0 Å². The third-order valence-electron chi connectivity index (χ3n) is 4.69. The van der Waals surface area contributed by atoms with Gasteiger partial charge in [0, 0.05) is 28.6 Å². The maximum Gasteiger partial charge on any atom is 0.217 e. The summed E-state index contributed by atoms with van der Waals surface area (Å²) in [5, 5.41) is 0.801. The highest BCUT2D eigenvalue weighted by molar-refractivity contribution is 7.90. The Morgan fingerprint density at radius 1 is 1.24 bits per heavy atom. The van der Waals surface area contributed by atoms with Gasteiger partial charge in [0.2, 0.25) is 10.0 Å². The van der Waals surface area contributed by atoms with Gasteiger partial charge in [-0.1, -0.05) is 11.6 Å². The Morgan fingerprint density at radius 3 is 2.56 bits per heavy atom. The lowest BCUT2D eigenvalue weighted by Crippen LogP contribution is -2.37. The molecule has 2 N–H and O–H groups in total. The first kappa shape index (κ1) is 17.0. The van der Waals surface area contributed by atoms with E-state index in [4.69, 9.17) is 17.3 Å². The van der Waals surface area contributed by atoms with E-state index in [9.17, 15) is 13.2 Å². The van der Waals surface area contributed by atoms with Crippen molar-refractivity contribution in [1.29, 1.82) is 0 Å². The predicted molar refractivity (Wildman–Crippen MR) is 99.7 cm³/mol. The van der Waals surface area contributed by atoms with Crippen LogP contribution in [0, 0.1) is 0 Å². The van der Waals surface area contributed by atoms with Gasteiger partial charge >= 0.3 is 0 Å². The third kappa shape index (κ3) is 2.99. The second-order valence-corrected chi connectivity index (χ2v) is 10.2. The van der Waals surface area contributed by atoms with Crippen LogP contribution in [0.1, 0.15) is 39.2 Å². The molecule has 1 fully saturated rings. The van der Waals surface area contributed by atoms with Crippen molar-refractivity contribution in [2.45, 2.75) is 31.1 Å². The van der Waals surface area contributed by atoms with Gasteiger partial charge < -0.3 is 5.73 Å². The lowest BCUT2D eigenvalue weighted by Gasteiger charge is -2.26. The summed E-state index contributed by atoms with van der Waals surface area (Å²) < 4.78 is 26.5. The van der Waals surface area contributed by atoms with E-state index in [1.807, 2.05) is 0 Å². The number of hydrogen-bond acceptors (Lipinski definition) is 5. The number of carbonyl (C=O) groups excluding carboxylic acids is 1. The zero-order valence-electron chi connectivity index (χ0n) is 13.4. The van der Waals surface area contributed by atoms with Crippen LogP contribution in [0.2, 0.25) is 5.02 Å². The van der Waals surface area contributed by atoms with Gasteiger partial charge in [-0.25, -0.2) is 8.42 Å². The lowest BCUT2D eigenvalue weighted by molar-refractivity contribution is 0.103. The highest BCUT2D eigenvalue weighted by atomic mass is 35.5. The fraction of sp³-hybridized carbons (Fsp3) is 0.353. The van der Waals surface area contributed by atoms with Crippen LogP contribution < -0.4 is 5.73 Å². The molecule has 1 saturated carbocycles. The summed E-state index contributed by atoms with van der Waals surface area (Å²) in [6.07, 6.45) is 2.01. The molecule has 1 aromatic carbocycles. The number of nitrogen functional groups attached to an aromatic ring is 1. The normalized spacial score (nSPS) is 18.1. The van der Waals surface area contributed by atoms with Crippen LogP contribution >= 0.6 is 22.9 Å². The summed E-state index contributed by atoms with van der Waals surface area (Å²) in [6, 6.07) is 6.71. The van der Waals surface area contributed by atoms with Crippen LogP contribution in [-0.4, -0.2) is 30.3 Å². The summed E-state index contributed by atoms with van der Waals surface area (Å²) in [5.41, 5.74) is 8.06. The van der Waals surface area contributed by atoms with Crippen molar-refractivity contribution in [3.63, 3.8) is 0 Å². The molecule has 0 unspecified atom stereocenters. The van der Waals surface area contributed by atoms with Crippen molar-refractivity contribution in [2.24, 2.45) is 0 Å². The van der Waals surface area contributed by atoms with Gasteiger partial charge in [-0.15, -0.1) is 11.3 Å². The summed E-state index contributed by atoms with van der Waals surface area (Å²) in [5.74, 6) is -0.134.